The van der Waals surface area contributed by atoms with Crippen molar-refractivity contribution in [2.75, 3.05) is 26.4 Å². The molecule has 0 saturated carbocycles. The summed E-state index contributed by atoms with van der Waals surface area (Å²) in [5.41, 5.74) is 1.17. The Balaban J connectivity index is 1.87. The van der Waals surface area contributed by atoms with Crippen LogP contribution in [0.4, 0.5) is 0 Å². The van der Waals surface area contributed by atoms with Crippen LogP contribution in [-0.2, 0) is 9.47 Å². The first kappa shape index (κ1) is 11.6. The molecule has 94 valence electrons. The van der Waals surface area contributed by atoms with Crippen LogP contribution in [0, 0.1) is 0 Å². The SMILES string of the molecule is c1nscc1C1NCCOC12CCCOCC2. The van der Waals surface area contributed by atoms with Gasteiger partial charge in [0, 0.05) is 43.3 Å². The third-order valence-electron chi connectivity index (χ3n) is 3.71. The summed E-state index contributed by atoms with van der Waals surface area (Å²) < 4.78 is 15.9. The van der Waals surface area contributed by atoms with E-state index in [-0.39, 0.29) is 11.6 Å². The first-order valence-corrected chi connectivity index (χ1v) is 7.09. The Morgan fingerprint density at radius 3 is 3.24 bits per heavy atom. The minimum Gasteiger partial charge on any atom is -0.381 e. The highest BCUT2D eigenvalue weighted by molar-refractivity contribution is 7.03. The van der Waals surface area contributed by atoms with Gasteiger partial charge in [0.05, 0.1) is 18.2 Å². The van der Waals surface area contributed by atoms with Gasteiger partial charge in [0.15, 0.2) is 0 Å². The van der Waals surface area contributed by atoms with E-state index in [1.54, 1.807) is 0 Å². The molecule has 1 aromatic rings. The zero-order valence-corrected chi connectivity index (χ0v) is 10.7. The second-order valence-corrected chi connectivity index (χ2v) is 5.38. The lowest BCUT2D eigenvalue weighted by atomic mass is 9.82. The second kappa shape index (κ2) is 5.02. The smallest absolute Gasteiger partial charge is 0.0900 e. The summed E-state index contributed by atoms with van der Waals surface area (Å²) >= 11 is 1.51. The summed E-state index contributed by atoms with van der Waals surface area (Å²) in [4.78, 5) is 0. The number of hydrogen-bond donors (Lipinski definition) is 1. The molecular formula is C12H18N2O2S. The van der Waals surface area contributed by atoms with Crippen LogP contribution in [0.15, 0.2) is 11.6 Å². The predicted octanol–water partition coefficient (Wildman–Crippen LogP) is 1.74. The number of nitrogens with zero attached hydrogens (tertiary/aromatic N) is 1. The maximum Gasteiger partial charge on any atom is 0.0900 e. The van der Waals surface area contributed by atoms with Crippen LogP contribution in [0.25, 0.3) is 0 Å². The fourth-order valence-electron chi connectivity index (χ4n) is 2.88. The second-order valence-electron chi connectivity index (χ2n) is 4.72. The zero-order valence-electron chi connectivity index (χ0n) is 9.85. The van der Waals surface area contributed by atoms with Crippen molar-refractivity contribution in [3.05, 3.63) is 17.1 Å². The maximum atomic E-state index is 6.16. The largest absolute Gasteiger partial charge is 0.381 e. The van der Waals surface area contributed by atoms with Crippen LogP contribution < -0.4 is 5.32 Å². The summed E-state index contributed by atoms with van der Waals surface area (Å²) in [7, 11) is 0. The van der Waals surface area contributed by atoms with Gasteiger partial charge >= 0.3 is 0 Å². The summed E-state index contributed by atoms with van der Waals surface area (Å²) in [5.74, 6) is 0. The third kappa shape index (κ3) is 2.25. The molecule has 0 aromatic carbocycles. The quantitative estimate of drug-likeness (QED) is 0.829. The first-order valence-electron chi connectivity index (χ1n) is 6.25. The molecule has 4 nitrogen and oxygen atoms in total. The molecule has 2 unspecified atom stereocenters. The summed E-state index contributed by atoms with van der Waals surface area (Å²) in [6, 6.07) is 0.275. The molecule has 17 heavy (non-hydrogen) atoms. The van der Waals surface area contributed by atoms with Gasteiger partial charge in [-0.2, -0.15) is 0 Å². The number of rotatable bonds is 1. The molecule has 2 aliphatic heterocycles. The van der Waals surface area contributed by atoms with E-state index in [4.69, 9.17) is 9.47 Å². The number of nitrogens with one attached hydrogen (secondary N) is 1. The Labute approximate surface area is 105 Å². The standard InChI is InChI=1S/C12H18N2O2S/c1-2-12(3-6-15-5-1)11(13-4-7-16-12)10-8-14-17-9-10/h8-9,11,13H,1-7H2. The van der Waals surface area contributed by atoms with Crippen molar-refractivity contribution in [3.63, 3.8) is 0 Å². The van der Waals surface area contributed by atoms with Crippen LogP contribution in [0.2, 0.25) is 0 Å². The topological polar surface area (TPSA) is 43.4 Å². The molecule has 0 amide bonds. The van der Waals surface area contributed by atoms with Crippen LogP contribution in [0.3, 0.4) is 0 Å². The number of aromatic nitrogens is 1. The van der Waals surface area contributed by atoms with Gasteiger partial charge in [-0.15, -0.1) is 0 Å². The monoisotopic (exact) mass is 254 g/mol. The van der Waals surface area contributed by atoms with E-state index < -0.39 is 0 Å². The molecule has 3 rings (SSSR count). The lowest BCUT2D eigenvalue weighted by molar-refractivity contribution is -0.109. The van der Waals surface area contributed by atoms with Crippen molar-refractivity contribution >= 4 is 11.5 Å². The van der Waals surface area contributed by atoms with Gasteiger partial charge < -0.3 is 14.8 Å². The van der Waals surface area contributed by atoms with Crippen molar-refractivity contribution in [1.29, 1.82) is 0 Å². The average Bonchev–Trinajstić information content (AvgIpc) is 2.79. The van der Waals surface area contributed by atoms with Crippen LogP contribution in [0.5, 0.6) is 0 Å². The fraction of sp³-hybridized carbons (Fsp3) is 0.750. The third-order valence-corrected chi connectivity index (χ3v) is 4.31. The number of ether oxygens (including phenoxy) is 2. The molecular weight excluding hydrogens is 236 g/mol. The predicted molar refractivity (Wildman–Crippen MR) is 66.2 cm³/mol. The highest BCUT2D eigenvalue weighted by Gasteiger charge is 2.43. The Bertz CT molecular complexity index is 347. The summed E-state index contributed by atoms with van der Waals surface area (Å²) in [6.07, 6.45) is 5.08. The van der Waals surface area contributed by atoms with Gasteiger partial charge in [0.25, 0.3) is 0 Å². The normalized spacial score (nSPS) is 34.7. The summed E-state index contributed by atoms with van der Waals surface area (Å²) in [6.45, 7) is 3.38. The van der Waals surface area contributed by atoms with Gasteiger partial charge in [-0.1, -0.05) is 0 Å². The average molecular weight is 254 g/mol. The minimum absolute atomic E-state index is 0.0858. The molecule has 0 aliphatic carbocycles. The molecule has 2 fully saturated rings. The first-order chi connectivity index (χ1) is 8.41. The minimum atomic E-state index is -0.0858. The van der Waals surface area contributed by atoms with Crippen molar-refractivity contribution < 1.29 is 9.47 Å². The lowest BCUT2D eigenvalue weighted by Crippen LogP contribution is -2.52. The van der Waals surface area contributed by atoms with E-state index >= 15 is 0 Å². The van der Waals surface area contributed by atoms with Gasteiger partial charge in [0.2, 0.25) is 0 Å². The van der Waals surface area contributed by atoms with Crippen molar-refractivity contribution in [2.24, 2.45) is 0 Å². The summed E-state index contributed by atoms with van der Waals surface area (Å²) in [5, 5.41) is 5.72. The Kier molecular flexibility index (Phi) is 3.42. The highest BCUT2D eigenvalue weighted by Crippen LogP contribution is 2.39. The van der Waals surface area contributed by atoms with Crippen molar-refractivity contribution in [3.8, 4) is 0 Å². The molecule has 1 spiro atoms. The van der Waals surface area contributed by atoms with Gasteiger partial charge in [0.1, 0.15) is 0 Å². The number of morpholine rings is 1. The molecule has 2 saturated heterocycles. The molecule has 5 heteroatoms. The van der Waals surface area contributed by atoms with Crippen LogP contribution in [-0.4, -0.2) is 36.3 Å². The van der Waals surface area contributed by atoms with Crippen molar-refractivity contribution in [2.45, 2.75) is 30.9 Å². The van der Waals surface area contributed by atoms with E-state index in [1.807, 2.05) is 6.20 Å². The maximum absolute atomic E-state index is 6.16. The molecule has 2 aliphatic rings. The van der Waals surface area contributed by atoms with Gasteiger partial charge in [-0.25, -0.2) is 4.37 Å². The molecule has 0 radical (unpaired) electrons. The van der Waals surface area contributed by atoms with E-state index in [0.717, 1.165) is 45.6 Å². The van der Waals surface area contributed by atoms with Gasteiger partial charge in [-0.3, -0.25) is 0 Å². The number of hydrogen-bond acceptors (Lipinski definition) is 5. The van der Waals surface area contributed by atoms with E-state index in [9.17, 15) is 0 Å². The lowest BCUT2D eigenvalue weighted by Gasteiger charge is -2.43. The van der Waals surface area contributed by atoms with Crippen molar-refractivity contribution in [1.82, 2.24) is 9.69 Å². The van der Waals surface area contributed by atoms with Gasteiger partial charge in [-0.05, 0) is 24.4 Å². The van der Waals surface area contributed by atoms with E-state index in [0.29, 0.717) is 0 Å². The van der Waals surface area contributed by atoms with E-state index in [2.05, 4.69) is 15.1 Å². The molecule has 2 atom stereocenters. The zero-order chi connectivity index (χ0) is 11.6. The van der Waals surface area contributed by atoms with Crippen LogP contribution in [0.1, 0.15) is 30.9 Å². The fourth-order valence-corrected chi connectivity index (χ4v) is 3.44. The highest BCUT2D eigenvalue weighted by atomic mass is 32.1. The Morgan fingerprint density at radius 2 is 2.35 bits per heavy atom. The van der Waals surface area contributed by atoms with Crippen LogP contribution >= 0.6 is 11.5 Å². The Hall–Kier alpha value is -0.490. The molecule has 0 bridgehead atoms. The Morgan fingerprint density at radius 1 is 1.35 bits per heavy atom. The van der Waals surface area contributed by atoms with E-state index in [1.165, 1.54) is 17.1 Å². The molecule has 1 N–H and O–H groups in total. The molecule has 3 heterocycles. The molecule has 1 aromatic heterocycles.